The predicted octanol–water partition coefficient (Wildman–Crippen LogP) is 6.40. The van der Waals surface area contributed by atoms with Crippen molar-refractivity contribution in [1.29, 1.82) is 0 Å². The van der Waals surface area contributed by atoms with Gasteiger partial charge in [0.2, 0.25) is 5.82 Å². The maximum Gasteiger partial charge on any atom is 0.326 e. The molecule has 3 aromatic carbocycles. The third-order valence-electron chi connectivity index (χ3n) is 6.30. The minimum Gasteiger partial charge on any atom is -0.494 e. The topological polar surface area (TPSA) is 80.5 Å². The first-order valence-electron chi connectivity index (χ1n) is 12.1. The van der Waals surface area contributed by atoms with Crippen LogP contribution in [-0.2, 0) is 6.42 Å². The minimum atomic E-state index is -0.437. The Morgan fingerprint density at radius 2 is 1.69 bits per heavy atom. The summed E-state index contributed by atoms with van der Waals surface area (Å²) in [6.45, 7) is 6.53. The molecule has 1 unspecified atom stereocenters. The number of amides is 2. The number of aryl methyl sites for hydroxylation is 1. The zero-order valence-corrected chi connectivity index (χ0v) is 20.6. The van der Waals surface area contributed by atoms with Crippen LogP contribution >= 0.6 is 0 Å². The molecule has 0 aliphatic carbocycles. The Labute approximate surface area is 210 Å². The molecule has 1 N–H and O–H groups in total. The van der Waals surface area contributed by atoms with Gasteiger partial charge in [-0.2, -0.15) is 4.98 Å². The van der Waals surface area contributed by atoms with Crippen LogP contribution in [0.2, 0.25) is 0 Å². The lowest BCUT2D eigenvalue weighted by molar-refractivity contribution is 0.244. The van der Waals surface area contributed by atoms with E-state index >= 15 is 0 Å². The standard InChI is InChI=1S/C29H28N4O3/c1-4-20-11-13-22(14-12-20)27-31-28(36-32-27)25-19(3)33(23-15-17-24(18-16-23)35-5-2)29(34)30-26(25)21-9-7-6-8-10-21/h6-18,26H,4-5H2,1-3H3,(H,30,34). The molecule has 1 aliphatic heterocycles. The van der Waals surface area contributed by atoms with Crippen molar-refractivity contribution in [1.82, 2.24) is 15.5 Å². The van der Waals surface area contributed by atoms with Crippen molar-refractivity contribution >= 4 is 17.3 Å². The summed E-state index contributed by atoms with van der Waals surface area (Å²) in [6, 6.07) is 24.7. The highest BCUT2D eigenvalue weighted by molar-refractivity contribution is 6.01. The molecular weight excluding hydrogens is 452 g/mol. The summed E-state index contributed by atoms with van der Waals surface area (Å²) >= 11 is 0. The first-order chi connectivity index (χ1) is 17.6. The lowest BCUT2D eigenvalue weighted by Gasteiger charge is -2.35. The Hall–Kier alpha value is -4.39. The smallest absolute Gasteiger partial charge is 0.326 e. The molecular formula is C29H28N4O3. The molecule has 1 aromatic heterocycles. The van der Waals surface area contributed by atoms with Crippen molar-refractivity contribution in [2.45, 2.75) is 33.2 Å². The van der Waals surface area contributed by atoms with E-state index in [2.05, 4.69) is 29.5 Å². The van der Waals surface area contributed by atoms with Gasteiger partial charge in [0.15, 0.2) is 0 Å². The van der Waals surface area contributed by atoms with Crippen molar-refractivity contribution in [3.63, 3.8) is 0 Å². The van der Waals surface area contributed by atoms with Crippen molar-refractivity contribution in [2.24, 2.45) is 0 Å². The number of hydrogen-bond donors (Lipinski definition) is 1. The second kappa shape index (κ2) is 10.1. The number of nitrogens with zero attached hydrogens (tertiary/aromatic N) is 3. The molecule has 7 heteroatoms. The Bertz CT molecular complexity index is 1380. The molecule has 0 radical (unpaired) electrons. The van der Waals surface area contributed by atoms with Crippen molar-refractivity contribution < 1.29 is 14.1 Å². The molecule has 2 heterocycles. The summed E-state index contributed by atoms with van der Waals surface area (Å²) in [7, 11) is 0. The quantitative estimate of drug-likeness (QED) is 0.331. The van der Waals surface area contributed by atoms with Gasteiger partial charge in [-0.1, -0.05) is 66.7 Å². The monoisotopic (exact) mass is 480 g/mol. The molecule has 36 heavy (non-hydrogen) atoms. The Kier molecular flexibility index (Phi) is 6.54. The van der Waals surface area contributed by atoms with E-state index in [1.807, 2.05) is 80.6 Å². The number of carbonyl (C=O) groups excluding carboxylic acids is 1. The molecule has 0 fully saturated rings. The maximum absolute atomic E-state index is 13.3. The van der Waals surface area contributed by atoms with Crippen LogP contribution in [-0.4, -0.2) is 22.8 Å². The first kappa shape index (κ1) is 23.4. The van der Waals surface area contributed by atoms with Gasteiger partial charge in [-0.05, 0) is 55.7 Å². The molecule has 4 aromatic rings. The Morgan fingerprint density at radius 3 is 2.36 bits per heavy atom. The normalized spacial score (nSPS) is 15.7. The van der Waals surface area contributed by atoms with E-state index in [9.17, 15) is 4.79 Å². The van der Waals surface area contributed by atoms with Crippen LogP contribution in [0.5, 0.6) is 5.75 Å². The van der Waals surface area contributed by atoms with Gasteiger partial charge in [0.25, 0.3) is 5.89 Å². The number of carbonyl (C=O) groups is 1. The number of aromatic nitrogens is 2. The molecule has 182 valence electrons. The zero-order valence-electron chi connectivity index (χ0n) is 20.6. The highest BCUT2D eigenvalue weighted by atomic mass is 16.5. The van der Waals surface area contributed by atoms with Crippen LogP contribution < -0.4 is 15.0 Å². The van der Waals surface area contributed by atoms with E-state index in [4.69, 9.17) is 14.2 Å². The molecule has 7 nitrogen and oxygen atoms in total. The minimum absolute atomic E-state index is 0.232. The van der Waals surface area contributed by atoms with Crippen molar-refractivity contribution in [3.8, 4) is 17.1 Å². The molecule has 0 saturated carbocycles. The summed E-state index contributed by atoms with van der Waals surface area (Å²) in [5.74, 6) is 1.62. The lowest BCUT2D eigenvalue weighted by Crippen LogP contribution is -2.46. The van der Waals surface area contributed by atoms with Gasteiger partial charge in [0, 0.05) is 11.3 Å². The van der Waals surface area contributed by atoms with E-state index in [0.717, 1.165) is 28.9 Å². The maximum atomic E-state index is 13.3. The SMILES string of the molecule is CCOc1ccc(N2C(=O)NC(c3ccccc3)C(c3nc(-c4ccc(CC)cc4)no3)=C2C)cc1. The largest absolute Gasteiger partial charge is 0.494 e. The molecule has 0 saturated heterocycles. The van der Waals surface area contributed by atoms with E-state index in [-0.39, 0.29) is 6.03 Å². The number of anilines is 1. The van der Waals surface area contributed by atoms with Crippen LogP contribution in [0, 0.1) is 0 Å². The molecule has 1 atom stereocenters. The fourth-order valence-corrected chi connectivity index (χ4v) is 4.42. The summed E-state index contributed by atoms with van der Waals surface area (Å²) in [4.78, 5) is 19.7. The third-order valence-corrected chi connectivity index (χ3v) is 6.30. The summed E-state index contributed by atoms with van der Waals surface area (Å²) in [6.07, 6.45) is 0.962. The molecule has 1 aliphatic rings. The van der Waals surface area contributed by atoms with Crippen molar-refractivity contribution in [3.05, 3.63) is 102 Å². The average molecular weight is 481 g/mol. The van der Waals surface area contributed by atoms with Gasteiger partial charge in [-0.15, -0.1) is 0 Å². The summed E-state index contributed by atoms with van der Waals surface area (Å²) < 4.78 is 11.4. The summed E-state index contributed by atoms with van der Waals surface area (Å²) in [5.41, 5.74) is 5.23. The van der Waals surface area contributed by atoms with Crippen LogP contribution in [0.4, 0.5) is 10.5 Å². The highest BCUT2D eigenvalue weighted by Crippen LogP contribution is 2.39. The lowest BCUT2D eigenvalue weighted by atomic mass is 9.94. The fraction of sp³-hybridized carbons (Fsp3) is 0.207. The van der Waals surface area contributed by atoms with Gasteiger partial charge in [0.1, 0.15) is 5.75 Å². The number of ether oxygens (including phenoxy) is 1. The second-order valence-electron chi connectivity index (χ2n) is 8.53. The van der Waals surface area contributed by atoms with Crippen LogP contribution in [0.25, 0.3) is 17.0 Å². The highest BCUT2D eigenvalue weighted by Gasteiger charge is 2.36. The average Bonchev–Trinajstić information content (AvgIpc) is 3.40. The number of rotatable bonds is 7. The van der Waals surface area contributed by atoms with Crippen molar-refractivity contribution in [2.75, 3.05) is 11.5 Å². The van der Waals surface area contributed by atoms with E-state index in [1.165, 1.54) is 5.56 Å². The third kappa shape index (κ3) is 4.47. The predicted molar refractivity (Wildman–Crippen MR) is 140 cm³/mol. The fourth-order valence-electron chi connectivity index (χ4n) is 4.42. The number of benzene rings is 3. The van der Waals surface area contributed by atoms with Gasteiger partial charge in [0.05, 0.1) is 23.9 Å². The Balaban J connectivity index is 1.59. The number of hydrogen-bond acceptors (Lipinski definition) is 5. The van der Waals surface area contributed by atoms with Gasteiger partial charge < -0.3 is 14.6 Å². The molecule has 0 spiro atoms. The van der Waals surface area contributed by atoms with Gasteiger partial charge in [-0.3, -0.25) is 4.90 Å². The first-order valence-corrected chi connectivity index (χ1v) is 12.1. The van der Waals surface area contributed by atoms with E-state index in [1.54, 1.807) is 4.90 Å². The zero-order chi connectivity index (χ0) is 25.1. The van der Waals surface area contributed by atoms with E-state index < -0.39 is 6.04 Å². The van der Waals surface area contributed by atoms with E-state index in [0.29, 0.717) is 29.7 Å². The number of allylic oxidation sites excluding steroid dienone is 1. The number of urea groups is 1. The molecule has 0 bridgehead atoms. The molecule has 2 amide bonds. The molecule has 5 rings (SSSR count). The van der Waals surface area contributed by atoms with Crippen LogP contribution in [0.15, 0.2) is 89.1 Å². The van der Waals surface area contributed by atoms with Crippen LogP contribution in [0.3, 0.4) is 0 Å². The second-order valence-corrected chi connectivity index (χ2v) is 8.53. The van der Waals surface area contributed by atoms with Gasteiger partial charge >= 0.3 is 6.03 Å². The summed E-state index contributed by atoms with van der Waals surface area (Å²) in [5, 5.41) is 7.39. The Morgan fingerprint density at radius 1 is 0.972 bits per heavy atom. The van der Waals surface area contributed by atoms with Gasteiger partial charge in [-0.25, -0.2) is 4.79 Å². The van der Waals surface area contributed by atoms with Crippen LogP contribution in [0.1, 0.15) is 43.8 Å². The number of nitrogens with one attached hydrogen (secondary N) is 1.